The Morgan fingerprint density at radius 3 is 2.62 bits per heavy atom. The number of anilines is 2. The SMILES string of the molecule is CC(=O)NCCc1ccc(C(=O)COC(=O)c2cccnc2Nc2cccc(C(F)(F)F)c2)s1. The van der Waals surface area contributed by atoms with Crippen molar-refractivity contribution in [3.63, 3.8) is 0 Å². The van der Waals surface area contributed by atoms with Crippen LogP contribution in [-0.4, -0.2) is 35.8 Å². The monoisotopic (exact) mass is 491 g/mol. The van der Waals surface area contributed by atoms with E-state index < -0.39 is 30.1 Å². The summed E-state index contributed by atoms with van der Waals surface area (Å²) in [7, 11) is 0. The van der Waals surface area contributed by atoms with Crippen LogP contribution < -0.4 is 10.6 Å². The van der Waals surface area contributed by atoms with Crippen molar-refractivity contribution < 1.29 is 32.3 Å². The molecule has 178 valence electrons. The van der Waals surface area contributed by atoms with E-state index in [1.165, 1.54) is 48.7 Å². The van der Waals surface area contributed by atoms with Crippen molar-refractivity contribution in [2.75, 3.05) is 18.5 Å². The van der Waals surface area contributed by atoms with Gasteiger partial charge in [-0.25, -0.2) is 9.78 Å². The van der Waals surface area contributed by atoms with Gasteiger partial charge in [0.05, 0.1) is 10.4 Å². The molecule has 0 radical (unpaired) electrons. The number of rotatable bonds is 9. The number of thiophene rings is 1. The molecule has 0 aliphatic carbocycles. The van der Waals surface area contributed by atoms with Gasteiger partial charge in [-0.1, -0.05) is 6.07 Å². The van der Waals surface area contributed by atoms with Gasteiger partial charge in [-0.3, -0.25) is 9.59 Å². The highest BCUT2D eigenvalue weighted by atomic mass is 32.1. The maximum atomic E-state index is 13.0. The Balaban J connectivity index is 1.63. The van der Waals surface area contributed by atoms with Gasteiger partial charge in [0.25, 0.3) is 0 Å². The maximum Gasteiger partial charge on any atom is 0.416 e. The van der Waals surface area contributed by atoms with Crippen molar-refractivity contribution in [2.24, 2.45) is 0 Å². The van der Waals surface area contributed by atoms with Gasteiger partial charge in [0.2, 0.25) is 11.7 Å². The predicted octanol–water partition coefficient (Wildman–Crippen LogP) is 4.62. The van der Waals surface area contributed by atoms with Crippen LogP contribution in [0.25, 0.3) is 0 Å². The largest absolute Gasteiger partial charge is 0.454 e. The van der Waals surface area contributed by atoms with Crippen LogP contribution in [0.15, 0.2) is 54.7 Å². The lowest BCUT2D eigenvalue weighted by Crippen LogP contribution is -2.22. The molecule has 0 fully saturated rings. The third kappa shape index (κ3) is 6.88. The quantitative estimate of drug-likeness (QED) is 0.335. The van der Waals surface area contributed by atoms with E-state index in [0.29, 0.717) is 17.8 Å². The second-order valence-corrected chi connectivity index (χ2v) is 8.27. The minimum atomic E-state index is -4.52. The van der Waals surface area contributed by atoms with E-state index in [2.05, 4.69) is 15.6 Å². The number of halogens is 3. The average molecular weight is 491 g/mol. The van der Waals surface area contributed by atoms with E-state index in [0.717, 1.165) is 17.0 Å². The molecular formula is C23H20F3N3O4S. The third-order valence-corrected chi connectivity index (χ3v) is 5.68. The van der Waals surface area contributed by atoms with Crippen LogP contribution in [0.2, 0.25) is 0 Å². The molecule has 2 heterocycles. The van der Waals surface area contributed by atoms with E-state index in [1.807, 2.05) is 0 Å². The molecule has 0 bridgehead atoms. The van der Waals surface area contributed by atoms with Crippen molar-refractivity contribution in [1.29, 1.82) is 0 Å². The van der Waals surface area contributed by atoms with E-state index in [1.54, 1.807) is 12.1 Å². The number of carbonyl (C=O) groups is 3. The highest BCUT2D eigenvalue weighted by Crippen LogP contribution is 2.31. The van der Waals surface area contributed by atoms with Crippen LogP contribution in [-0.2, 0) is 22.1 Å². The molecule has 0 saturated carbocycles. The summed E-state index contributed by atoms with van der Waals surface area (Å²) in [5.41, 5.74) is -0.797. The Hall–Kier alpha value is -3.73. The molecule has 0 atom stereocenters. The van der Waals surface area contributed by atoms with Crippen LogP contribution in [0.3, 0.4) is 0 Å². The van der Waals surface area contributed by atoms with E-state index in [4.69, 9.17) is 4.74 Å². The summed E-state index contributed by atoms with van der Waals surface area (Å²) in [5.74, 6) is -1.40. The fraction of sp³-hybridized carbons (Fsp3) is 0.217. The number of nitrogens with zero attached hydrogens (tertiary/aromatic N) is 1. The zero-order valence-corrected chi connectivity index (χ0v) is 18.8. The standard InChI is InChI=1S/C23H20F3N3O4S/c1-14(30)27-11-9-17-7-8-20(34-17)19(31)13-33-22(32)18-6-3-10-28-21(18)29-16-5-2-4-15(12-16)23(24,25)26/h2-8,10,12H,9,11,13H2,1H3,(H,27,30)(H,28,29). The van der Waals surface area contributed by atoms with Gasteiger partial charge in [-0.2, -0.15) is 13.2 Å². The minimum absolute atomic E-state index is 0.00402. The van der Waals surface area contributed by atoms with Gasteiger partial charge in [-0.05, 0) is 48.9 Å². The average Bonchev–Trinajstić information content (AvgIpc) is 3.26. The maximum absolute atomic E-state index is 13.0. The van der Waals surface area contributed by atoms with Crippen LogP contribution in [0.4, 0.5) is 24.7 Å². The Kier molecular flexibility index (Phi) is 8.00. The molecule has 0 aliphatic heterocycles. The molecule has 3 rings (SSSR count). The first-order chi connectivity index (χ1) is 16.1. The fourth-order valence-electron chi connectivity index (χ4n) is 2.88. The van der Waals surface area contributed by atoms with Gasteiger partial charge >= 0.3 is 12.1 Å². The lowest BCUT2D eigenvalue weighted by atomic mass is 10.2. The number of carbonyl (C=O) groups excluding carboxylic acids is 3. The second-order valence-electron chi connectivity index (χ2n) is 7.10. The summed E-state index contributed by atoms with van der Waals surface area (Å²) in [4.78, 5) is 41.2. The molecule has 1 amide bonds. The number of esters is 1. The Morgan fingerprint density at radius 2 is 1.88 bits per heavy atom. The molecule has 11 heteroatoms. The van der Waals surface area contributed by atoms with Gasteiger partial charge in [0, 0.05) is 30.2 Å². The topological polar surface area (TPSA) is 97.4 Å². The highest BCUT2D eigenvalue weighted by molar-refractivity contribution is 7.14. The van der Waals surface area contributed by atoms with Crippen LogP contribution in [0.1, 0.15) is 37.4 Å². The van der Waals surface area contributed by atoms with Gasteiger partial charge in [0.15, 0.2) is 6.61 Å². The number of benzene rings is 1. The summed E-state index contributed by atoms with van der Waals surface area (Å²) < 4.78 is 44.0. The number of Topliss-reactive ketones (excluding diaryl/α,β-unsaturated/α-hetero) is 1. The molecular weight excluding hydrogens is 471 g/mol. The Morgan fingerprint density at radius 1 is 1.09 bits per heavy atom. The third-order valence-electron chi connectivity index (χ3n) is 4.50. The summed E-state index contributed by atoms with van der Waals surface area (Å²) >= 11 is 1.24. The zero-order valence-electron chi connectivity index (χ0n) is 17.9. The molecule has 1 aromatic carbocycles. The van der Waals surface area contributed by atoms with E-state index in [-0.39, 0.29) is 23.0 Å². The van der Waals surface area contributed by atoms with Crippen molar-refractivity contribution >= 4 is 40.5 Å². The Labute approximate surface area is 197 Å². The number of hydrogen-bond donors (Lipinski definition) is 2. The lowest BCUT2D eigenvalue weighted by Gasteiger charge is -2.12. The summed E-state index contributed by atoms with van der Waals surface area (Å²) in [5, 5.41) is 5.36. The van der Waals surface area contributed by atoms with Crippen molar-refractivity contribution in [1.82, 2.24) is 10.3 Å². The normalized spacial score (nSPS) is 11.1. The number of ketones is 1. The smallest absolute Gasteiger partial charge is 0.416 e. The summed E-state index contributed by atoms with van der Waals surface area (Å²) in [6, 6.07) is 10.7. The molecule has 34 heavy (non-hydrogen) atoms. The highest BCUT2D eigenvalue weighted by Gasteiger charge is 2.30. The molecule has 0 spiro atoms. The molecule has 0 saturated heterocycles. The van der Waals surface area contributed by atoms with Gasteiger partial charge in [-0.15, -0.1) is 11.3 Å². The molecule has 0 unspecified atom stereocenters. The van der Waals surface area contributed by atoms with Crippen molar-refractivity contribution in [2.45, 2.75) is 19.5 Å². The number of alkyl halides is 3. The number of ether oxygens (including phenoxy) is 1. The molecule has 3 aromatic rings. The number of aromatic nitrogens is 1. The van der Waals surface area contributed by atoms with Crippen molar-refractivity contribution in [3.8, 4) is 0 Å². The van der Waals surface area contributed by atoms with Gasteiger partial charge in [0.1, 0.15) is 11.4 Å². The summed E-state index contributed by atoms with van der Waals surface area (Å²) in [6.07, 6.45) is -2.58. The predicted molar refractivity (Wildman–Crippen MR) is 120 cm³/mol. The minimum Gasteiger partial charge on any atom is -0.454 e. The van der Waals surface area contributed by atoms with Gasteiger partial charge < -0.3 is 15.4 Å². The summed E-state index contributed by atoms with van der Waals surface area (Å²) in [6.45, 7) is 1.35. The molecule has 0 aliphatic rings. The first-order valence-electron chi connectivity index (χ1n) is 10.1. The van der Waals surface area contributed by atoms with Crippen molar-refractivity contribution in [3.05, 3.63) is 75.6 Å². The van der Waals surface area contributed by atoms with Crippen LogP contribution in [0, 0.1) is 0 Å². The van der Waals surface area contributed by atoms with E-state index >= 15 is 0 Å². The molecule has 2 aromatic heterocycles. The lowest BCUT2D eigenvalue weighted by molar-refractivity contribution is -0.137. The molecule has 2 N–H and O–H groups in total. The number of pyridine rings is 1. The zero-order chi connectivity index (χ0) is 24.7. The van der Waals surface area contributed by atoms with E-state index in [9.17, 15) is 27.6 Å². The number of hydrogen-bond acceptors (Lipinski definition) is 7. The van der Waals surface area contributed by atoms with Crippen LogP contribution in [0.5, 0.6) is 0 Å². The number of nitrogens with one attached hydrogen (secondary N) is 2. The van der Waals surface area contributed by atoms with Crippen LogP contribution >= 0.6 is 11.3 Å². The molecule has 7 nitrogen and oxygen atoms in total. The first-order valence-corrected chi connectivity index (χ1v) is 10.9. The first kappa shape index (κ1) is 24.9. The second kappa shape index (κ2) is 10.9. The Bertz CT molecular complexity index is 1190. The number of amides is 1. The fourth-order valence-corrected chi connectivity index (χ4v) is 3.81.